The molecule has 0 fully saturated rings. The van der Waals surface area contributed by atoms with Crippen LogP contribution in [0.15, 0.2) is 57.9 Å². The number of rotatable bonds is 5. The Bertz CT molecular complexity index is 1510. The number of carbonyl (C=O) groups is 1. The lowest BCUT2D eigenvalue weighted by atomic mass is 9.99. The van der Waals surface area contributed by atoms with Gasteiger partial charge in [-0.15, -0.1) is 0 Å². The first-order valence-corrected chi connectivity index (χ1v) is 12.0. The number of hydrogen-bond acceptors (Lipinski definition) is 7. The second-order valence-corrected chi connectivity index (χ2v) is 10.1. The van der Waals surface area contributed by atoms with Crippen LogP contribution in [0, 0.1) is 13.8 Å². The smallest absolute Gasteiger partial charge is 0.359 e. The standard InChI is InChI=1S/C28H28ClN3O4/c1-15-13-18(17(3)31-20-10-11-22(29)32-23(20)27(34)36-28(4,5)6)26-19(14-15)24(33)16(2)25(35-26)21-9-7-8-12-30-21/h7-14,17,31H,1-6H3/t17-/m1/s1. The molecular formula is C28H28ClN3O4. The van der Waals surface area contributed by atoms with Crippen LogP contribution in [0.4, 0.5) is 5.69 Å². The molecule has 0 unspecified atom stereocenters. The molecule has 0 amide bonds. The minimum Gasteiger partial charge on any atom is -0.455 e. The Balaban J connectivity index is 1.82. The summed E-state index contributed by atoms with van der Waals surface area (Å²) in [6.07, 6.45) is 1.66. The van der Waals surface area contributed by atoms with Gasteiger partial charge in [0, 0.05) is 17.3 Å². The molecule has 4 rings (SSSR count). The van der Waals surface area contributed by atoms with Crippen molar-refractivity contribution < 1.29 is 13.9 Å². The maximum Gasteiger partial charge on any atom is 0.359 e. The van der Waals surface area contributed by atoms with Gasteiger partial charge in [-0.3, -0.25) is 9.78 Å². The number of esters is 1. The van der Waals surface area contributed by atoms with E-state index >= 15 is 0 Å². The number of nitrogens with zero attached hydrogens (tertiary/aromatic N) is 2. The van der Waals surface area contributed by atoms with Crippen molar-refractivity contribution in [2.45, 2.75) is 53.2 Å². The van der Waals surface area contributed by atoms with Crippen LogP contribution in [0.2, 0.25) is 5.15 Å². The summed E-state index contributed by atoms with van der Waals surface area (Å²) < 4.78 is 11.9. The largest absolute Gasteiger partial charge is 0.455 e. The van der Waals surface area contributed by atoms with E-state index in [1.165, 1.54) is 0 Å². The molecule has 1 N–H and O–H groups in total. The maximum atomic E-state index is 13.3. The molecule has 0 radical (unpaired) electrons. The third kappa shape index (κ3) is 5.26. The van der Waals surface area contributed by atoms with Gasteiger partial charge >= 0.3 is 5.97 Å². The van der Waals surface area contributed by atoms with Crippen LogP contribution in [0.1, 0.15) is 60.9 Å². The van der Waals surface area contributed by atoms with E-state index in [2.05, 4.69) is 15.3 Å². The number of aromatic nitrogens is 2. The number of hydrogen-bond donors (Lipinski definition) is 1. The van der Waals surface area contributed by atoms with Gasteiger partial charge in [-0.1, -0.05) is 23.7 Å². The lowest BCUT2D eigenvalue weighted by molar-refractivity contribution is 0.00640. The molecule has 3 heterocycles. The summed E-state index contributed by atoms with van der Waals surface area (Å²) in [6, 6.07) is 12.2. The molecule has 4 aromatic rings. The molecule has 36 heavy (non-hydrogen) atoms. The quantitative estimate of drug-likeness (QED) is 0.239. The fraction of sp³-hybridized carbons (Fsp3) is 0.286. The van der Waals surface area contributed by atoms with Gasteiger partial charge in [-0.2, -0.15) is 0 Å². The number of benzene rings is 1. The highest BCUT2D eigenvalue weighted by atomic mass is 35.5. The number of anilines is 1. The first-order valence-electron chi connectivity index (χ1n) is 11.6. The van der Waals surface area contributed by atoms with Crippen LogP contribution < -0.4 is 10.7 Å². The summed E-state index contributed by atoms with van der Waals surface area (Å²) in [5, 5.41) is 3.99. The Morgan fingerprint density at radius 2 is 1.89 bits per heavy atom. The molecule has 1 atom stereocenters. The van der Waals surface area contributed by atoms with E-state index in [0.29, 0.717) is 33.7 Å². The van der Waals surface area contributed by atoms with Gasteiger partial charge in [0.1, 0.15) is 22.0 Å². The summed E-state index contributed by atoms with van der Waals surface area (Å²) >= 11 is 6.09. The van der Waals surface area contributed by atoms with E-state index in [0.717, 1.165) is 11.1 Å². The van der Waals surface area contributed by atoms with Crippen molar-refractivity contribution in [2.24, 2.45) is 0 Å². The van der Waals surface area contributed by atoms with Gasteiger partial charge in [-0.25, -0.2) is 9.78 Å². The second kappa shape index (κ2) is 9.74. The topological polar surface area (TPSA) is 94.3 Å². The third-order valence-corrected chi connectivity index (χ3v) is 5.79. The first kappa shape index (κ1) is 25.4. The second-order valence-electron chi connectivity index (χ2n) is 9.73. The van der Waals surface area contributed by atoms with Gasteiger partial charge in [0.2, 0.25) is 0 Å². The van der Waals surface area contributed by atoms with Crippen molar-refractivity contribution in [1.82, 2.24) is 9.97 Å². The highest BCUT2D eigenvalue weighted by Crippen LogP contribution is 2.32. The molecule has 8 heteroatoms. The Hall–Kier alpha value is -3.71. The van der Waals surface area contributed by atoms with Gasteiger partial charge in [0.25, 0.3) is 0 Å². The number of carbonyl (C=O) groups excluding carboxylic acids is 1. The van der Waals surface area contributed by atoms with Gasteiger partial charge in [0.05, 0.1) is 17.1 Å². The van der Waals surface area contributed by atoms with Gasteiger partial charge < -0.3 is 14.5 Å². The summed E-state index contributed by atoms with van der Waals surface area (Å²) in [7, 11) is 0. The molecule has 0 spiro atoms. The summed E-state index contributed by atoms with van der Waals surface area (Å²) in [4.78, 5) is 34.8. The number of aryl methyl sites for hydroxylation is 1. The van der Waals surface area contributed by atoms with E-state index in [9.17, 15) is 9.59 Å². The zero-order chi connectivity index (χ0) is 26.2. The van der Waals surface area contributed by atoms with E-state index < -0.39 is 11.6 Å². The van der Waals surface area contributed by atoms with Crippen LogP contribution in [0.5, 0.6) is 0 Å². The minimum absolute atomic E-state index is 0.0766. The Morgan fingerprint density at radius 3 is 2.56 bits per heavy atom. The highest BCUT2D eigenvalue weighted by molar-refractivity contribution is 6.29. The normalized spacial score (nSPS) is 12.4. The number of nitrogens with one attached hydrogen (secondary N) is 1. The average Bonchev–Trinajstić information content (AvgIpc) is 2.81. The maximum absolute atomic E-state index is 13.3. The molecule has 7 nitrogen and oxygen atoms in total. The van der Waals surface area contributed by atoms with Crippen LogP contribution in [0.25, 0.3) is 22.4 Å². The summed E-state index contributed by atoms with van der Waals surface area (Å²) in [5.74, 6) is -0.165. The zero-order valence-corrected chi connectivity index (χ0v) is 21.9. The number of halogens is 1. The molecular weight excluding hydrogens is 478 g/mol. The molecule has 186 valence electrons. The number of ether oxygens (including phenoxy) is 1. The molecule has 0 aliphatic rings. The molecule has 0 saturated heterocycles. The highest BCUT2D eigenvalue weighted by Gasteiger charge is 2.24. The van der Waals surface area contributed by atoms with Crippen molar-refractivity contribution >= 4 is 34.2 Å². The lowest BCUT2D eigenvalue weighted by Gasteiger charge is -2.22. The Kier molecular flexibility index (Phi) is 6.87. The molecule has 0 aliphatic heterocycles. The lowest BCUT2D eigenvalue weighted by Crippen LogP contribution is -2.25. The molecule has 3 aromatic heterocycles. The van der Waals surface area contributed by atoms with Crippen LogP contribution in [0.3, 0.4) is 0 Å². The fourth-order valence-electron chi connectivity index (χ4n) is 3.98. The van der Waals surface area contributed by atoms with Gasteiger partial charge in [-0.05, 0) is 77.4 Å². The average molecular weight is 506 g/mol. The van der Waals surface area contributed by atoms with Crippen molar-refractivity contribution in [3.8, 4) is 11.5 Å². The predicted molar refractivity (Wildman–Crippen MR) is 142 cm³/mol. The zero-order valence-electron chi connectivity index (χ0n) is 21.1. The Morgan fingerprint density at radius 1 is 1.14 bits per heavy atom. The SMILES string of the molecule is Cc1cc([C@@H](C)Nc2ccc(Cl)nc2C(=O)OC(C)(C)C)c2oc(-c3ccccn3)c(C)c(=O)c2c1. The fourth-order valence-corrected chi connectivity index (χ4v) is 4.12. The number of fused-ring (bicyclic) bond motifs is 1. The molecule has 1 aromatic carbocycles. The molecule has 0 saturated carbocycles. The van der Waals surface area contributed by atoms with E-state index in [1.54, 1.807) is 58.2 Å². The van der Waals surface area contributed by atoms with Crippen molar-refractivity contribution in [3.05, 3.63) is 86.4 Å². The monoisotopic (exact) mass is 505 g/mol. The van der Waals surface area contributed by atoms with E-state index in [4.69, 9.17) is 20.8 Å². The molecule has 0 aliphatic carbocycles. The van der Waals surface area contributed by atoms with Crippen LogP contribution in [-0.4, -0.2) is 21.5 Å². The first-order chi connectivity index (χ1) is 16.9. The number of pyridine rings is 2. The van der Waals surface area contributed by atoms with Crippen LogP contribution in [-0.2, 0) is 4.74 Å². The third-order valence-electron chi connectivity index (χ3n) is 5.58. The summed E-state index contributed by atoms with van der Waals surface area (Å²) in [6.45, 7) is 10.9. The van der Waals surface area contributed by atoms with E-state index in [-0.39, 0.29) is 22.3 Å². The van der Waals surface area contributed by atoms with E-state index in [1.807, 2.05) is 32.0 Å². The van der Waals surface area contributed by atoms with Crippen molar-refractivity contribution in [1.29, 1.82) is 0 Å². The summed E-state index contributed by atoms with van der Waals surface area (Å²) in [5.41, 5.74) is 2.91. The van der Waals surface area contributed by atoms with Crippen molar-refractivity contribution in [3.63, 3.8) is 0 Å². The molecule has 0 bridgehead atoms. The minimum atomic E-state index is -0.695. The van der Waals surface area contributed by atoms with Crippen LogP contribution >= 0.6 is 11.6 Å². The predicted octanol–water partition coefficient (Wildman–Crippen LogP) is 6.65. The van der Waals surface area contributed by atoms with Crippen molar-refractivity contribution in [2.75, 3.05) is 5.32 Å². The Labute approximate surface area is 214 Å². The van der Waals surface area contributed by atoms with Gasteiger partial charge in [0.15, 0.2) is 16.9 Å².